The highest BCUT2D eigenvalue weighted by Gasteiger charge is 2.42. The summed E-state index contributed by atoms with van der Waals surface area (Å²) in [7, 11) is -0.454. The molecule has 0 saturated carbocycles. The molecule has 0 N–H and O–H groups in total. The molecule has 24 heavy (non-hydrogen) atoms. The highest BCUT2D eigenvalue weighted by molar-refractivity contribution is 8.01. The van der Waals surface area contributed by atoms with Crippen molar-refractivity contribution in [2.75, 3.05) is 0 Å². The monoisotopic (exact) mass is 333 g/mol. The Hall–Kier alpha value is -2.52. The molecule has 0 saturated heterocycles. The average molecular weight is 333 g/mol. The summed E-state index contributed by atoms with van der Waals surface area (Å²) in [6, 6.07) is 20.3. The molecule has 0 bridgehead atoms. The maximum atomic E-state index is 12.7. The summed E-state index contributed by atoms with van der Waals surface area (Å²) in [5.74, 6) is -0.0997. The third-order valence-corrected chi connectivity index (χ3v) is 6.32. The maximum absolute atomic E-state index is 12.7. The number of hydrogen-bond acceptors (Lipinski definition) is 2. The molecule has 2 aromatic rings. The molecule has 1 aliphatic carbocycles. The van der Waals surface area contributed by atoms with E-state index in [9.17, 15) is 4.79 Å². The number of rotatable bonds is 3. The number of esters is 1. The summed E-state index contributed by atoms with van der Waals surface area (Å²) in [5, 5.41) is 0. The Morgan fingerprint density at radius 3 is 2.00 bits per heavy atom. The van der Waals surface area contributed by atoms with Gasteiger partial charge >= 0.3 is 5.97 Å². The van der Waals surface area contributed by atoms with Gasteiger partial charge < -0.3 is 4.74 Å². The van der Waals surface area contributed by atoms with Crippen LogP contribution in [0.15, 0.2) is 106 Å². The number of hydrogen-bond donors (Lipinski definition) is 0. The summed E-state index contributed by atoms with van der Waals surface area (Å²) in [6.45, 7) is 0. The predicted molar refractivity (Wildman–Crippen MR) is 96.5 cm³/mol. The summed E-state index contributed by atoms with van der Waals surface area (Å²) < 4.78 is 5.69. The van der Waals surface area contributed by atoms with Crippen molar-refractivity contribution in [1.82, 2.24) is 0 Å². The van der Waals surface area contributed by atoms with E-state index in [4.69, 9.17) is 4.74 Å². The SMILES string of the molecule is O=C1OC2C=CC=CC2C=C1[S+](c1ccccc1)c1ccccc1. The third kappa shape index (κ3) is 2.83. The van der Waals surface area contributed by atoms with Crippen LogP contribution in [0.3, 0.4) is 0 Å². The Kier molecular flexibility index (Phi) is 4.09. The van der Waals surface area contributed by atoms with Gasteiger partial charge in [0.15, 0.2) is 9.79 Å². The van der Waals surface area contributed by atoms with Gasteiger partial charge in [0.25, 0.3) is 0 Å². The molecule has 3 heteroatoms. The van der Waals surface area contributed by atoms with Gasteiger partial charge in [0.1, 0.15) is 17.0 Å². The molecule has 2 atom stereocenters. The Bertz CT molecular complexity index is 782. The third-order valence-electron chi connectivity index (χ3n) is 4.09. The molecule has 2 aliphatic rings. The van der Waals surface area contributed by atoms with Gasteiger partial charge in [-0.1, -0.05) is 54.6 Å². The fourth-order valence-electron chi connectivity index (χ4n) is 2.95. The molecule has 0 aromatic heterocycles. The van der Waals surface area contributed by atoms with Crippen LogP contribution < -0.4 is 0 Å². The molecular weight excluding hydrogens is 316 g/mol. The molecule has 4 rings (SSSR count). The van der Waals surface area contributed by atoms with Crippen LogP contribution in [-0.2, 0) is 20.4 Å². The number of carbonyl (C=O) groups excluding carboxylic acids is 1. The molecule has 2 unspecified atom stereocenters. The van der Waals surface area contributed by atoms with Crippen LogP contribution in [0.5, 0.6) is 0 Å². The van der Waals surface area contributed by atoms with Gasteiger partial charge in [-0.05, 0) is 36.4 Å². The summed E-state index contributed by atoms with van der Waals surface area (Å²) in [5.41, 5.74) is 0. The van der Waals surface area contributed by atoms with Gasteiger partial charge in [0.2, 0.25) is 4.91 Å². The first-order chi connectivity index (χ1) is 11.8. The van der Waals surface area contributed by atoms with Gasteiger partial charge in [0, 0.05) is 5.92 Å². The van der Waals surface area contributed by atoms with Crippen LogP contribution in [0.2, 0.25) is 0 Å². The van der Waals surface area contributed by atoms with Crippen LogP contribution in [0.4, 0.5) is 0 Å². The number of carbonyl (C=O) groups is 1. The quantitative estimate of drug-likeness (QED) is 0.619. The summed E-state index contributed by atoms with van der Waals surface area (Å²) in [6.07, 6.45) is 9.88. The van der Waals surface area contributed by atoms with Crippen LogP contribution in [-0.4, -0.2) is 12.1 Å². The van der Waals surface area contributed by atoms with Gasteiger partial charge in [-0.15, -0.1) is 0 Å². The molecule has 0 amide bonds. The van der Waals surface area contributed by atoms with Gasteiger partial charge in [-0.25, -0.2) is 4.79 Å². The minimum atomic E-state index is -0.454. The maximum Gasteiger partial charge on any atom is 0.388 e. The molecular formula is C21H17O2S+. The normalized spacial score (nSPS) is 22.0. The molecule has 0 spiro atoms. The average Bonchev–Trinajstić information content (AvgIpc) is 2.64. The lowest BCUT2D eigenvalue weighted by atomic mass is 9.95. The van der Waals surface area contributed by atoms with Crippen molar-refractivity contribution >= 4 is 16.9 Å². The lowest BCUT2D eigenvalue weighted by Crippen LogP contribution is -2.32. The van der Waals surface area contributed by atoms with E-state index in [0.29, 0.717) is 0 Å². The molecule has 2 nitrogen and oxygen atoms in total. The first kappa shape index (κ1) is 15.0. The van der Waals surface area contributed by atoms with Crippen molar-refractivity contribution in [3.63, 3.8) is 0 Å². The van der Waals surface area contributed by atoms with Crippen LogP contribution in [0.25, 0.3) is 0 Å². The van der Waals surface area contributed by atoms with Crippen molar-refractivity contribution in [3.8, 4) is 0 Å². The second kappa shape index (κ2) is 6.54. The van der Waals surface area contributed by atoms with Crippen molar-refractivity contribution in [2.24, 2.45) is 5.92 Å². The minimum Gasteiger partial charge on any atom is -0.450 e. The van der Waals surface area contributed by atoms with Crippen molar-refractivity contribution in [2.45, 2.75) is 15.9 Å². The Morgan fingerprint density at radius 1 is 0.792 bits per heavy atom. The van der Waals surface area contributed by atoms with E-state index >= 15 is 0 Å². The van der Waals surface area contributed by atoms with Crippen molar-refractivity contribution in [1.29, 1.82) is 0 Å². The van der Waals surface area contributed by atoms with Crippen molar-refractivity contribution < 1.29 is 9.53 Å². The molecule has 2 aromatic carbocycles. The van der Waals surface area contributed by atoms with E-state index in [2.05, 4.69) is 36.4 Å². The highest BCUT2D eigenvalue weighted by Crippen LogP contribution is 2.36. The molecule has 0 fully saturated rings. The topological polar surface area (TPSA) is 26.3 Å². The molecule has 1 aliphatic heterocycles. The van der Waals surface area contributed by atoms with Crippen molar-refractivity contribution in [3.05, 3.63) is 95.9 Å². The number of allylic oxidation sites excluding steroid dienone is 2. The zero-order valence-electron chi connectivity index (χ0n) is 13.0. The van der Waals surface area contributed by atoms with Crippen LogP contribution in [0, 0.1) is 5.92 Å². The fraction of sp³-hybridized carbons (Fsp3) is 0.0952. The number of ether oxygens (including phenoxy) is 1. The zero-order chi connectivity index (χ0) is 16.4. The van der Waals surface area contributed by atoms with Gasteiger partial charge in [0.05, 0.1) is 0 Å². The first-order valence-electron chi connectivity index (χ1n) is 7.95. The largest absolute Gasteiger partial charge is 0.450 e. The Morgan fingerprint density at radius 2 is 1.38 bits per heavy atom. The van der Waals surface area contributed by atoms with Crippen LogP contribution in [0.1, 0.15) is 0 Å². The standard InChI is InChI=1S/C21H17O2S/c22-21-20(15-16-9-7-8-14-19(16)23-21)24(17-10-3-1-4-11-17)18-12-5-2-6-13-18/h1-16,19H/q+1. The molecule has 1 heterocycles. The predicted octanol–water partition coefficient (Wildman–Crippen LogP) is 4.27. The second-order valence-corrected chi connectivity index (χ2v) is 7.68. The zero-order valence-corrected chi connectivity index (χ0v) is 13.9. The van der Waals surface area contributed by atoms with Gasteiger partial charge in [-0.2, -0.15) is 0 Å². The first-order valence-corrected chi connectivity index (χ1v) is 9.17. The Labute approximate surface area is 144 Å². The molecule has 0 radical (unpaired) electrons. The second-order valence-electron chi connectivity index (χ2n) is 5.68. The number of benzene rings is 2. The smallest absolute Gasteiger partial charge is 0.388 e. The van der Waals surface area contributed by atoms with E-state index in [1.54, 1.807) is 0 Å². The summed E-state index contributed by atoms with van der Waals surface area (Å²) >= 11 is 0. The summed E-state index contributed by atoms with van der Waals surface area (Å²) in [4.78, 5) is 15.7. The lowest BCUT2D eigenvalue weighted by Gasteiger charge is -2.26. The lowest BCUT2D eigenvalue weighted by molar-refractivity contribution is -0.143. The van der Waals surface area contributed by atoms with E-state index in [1.807, 2.05) is 54.6 Å². The highest BCUT2D eigenvalue weighted by atomic mass is 32.2. The van der Waals surface area contributed by atoms with E-state index in [0.717, 1.165) is 14.7 Å². The number of fused-ring (bicyclic) bond motifs is 1. The minimum absolute atomic E-state index is 0.116. The van der Waals surface area contributed by atoms with Gasteiger partial charge in [-0.3, -0.25) is 0 Å². The van der Waals surface area contributed by atoms with E-state index in [-0.39, 0.29) is 18.0 Å². The van der Waals surface area contributed by atoms with Crippen LogP contribution >= 0.6 is 0 Å². The van der Waals surface area contributed by atoms with E-state index in [1.165, 1.54) is 0 Å². The van der Waals surface area contributed by atoms with E-state index < -0.39 is 10.9 Å². The Balaban J connectivity index is 1.82. The fourth-order valence-corrected chi connectivity index (χ4v) is 5.10. The molecule has 118 valence electrons.